The third-order valence-corrected chi connectivity index (χ3v) is 3.96. The topological polar surface area (TPSA) is 52.6 Å². The lowest BCUT2D eigenvalue weighted by Crippen LogP contribution is -2.41. The maximum Gasteiger partial charge on any atom is 0.239 e. The molecule has 0 saturated carbocycles. The lowest BCUT2D eigenvalue weighted by molar-refractivity contribution is -0.132. The molecule has 4 nitrogen and oxygen atoms in total. The van der Waals surface area contributed by atoms with Crippen molar-refractivity contribution in [3.05, 3.63) is 21.9 Å². The minimum absolute atomic E-state index is 0. The predicted octanol–water partition coefficient (Wildman–Crippen LogP) is 1.16. The first-order chi connectivity index (χ1) is 8.06. The summed E-state index contributed by atoms with van der Waals surface area (Å²) in [7, 11) is 1.81. The van der Waals surface area contributed by atoms with Gasteiger partial charge in [-0.3, -0.25) is 4.79 Å². The van der Waals surface area contributed by atoms with Crippen molar-refractivity contribution in [3.63, 3.8) is 0 Å². The highest BCUT2D eigenvalue weighted by Gasteiger charge is 2.30. The molecule has 1 saturated heterocycles. The molecular formula is C12H19ClN2O2S. The molecule has 0 bridgehead atoms. The number of likely N-dealkylation sites (N-methyl/N-ethyl adjacent to an activating group) is 1. The van der Waals surface area contributed by atoms with Crippen LogP contribution in [0.3, 0.4) is 0 Å². The van der Waals surface area contributed by atoms with Crippen LogP contribution in [0.15, 0.2) is 12.1 Å². The molecule has 1 fully saturated rings. The van der Waals surface area contributed by atoms with Gasteiger partial charge in [0.05, 0.1) is 18.7 Å². The van der Waals surface area contributed by atoms with Crippen LogP contribution in [0.4, 0.5) is 0 Å². The summed E-state index contributed by atoms with van der Waals surface area (Å²) in [6.45, 7) is 3.22. The normalized spacial score (nSPS) is 22.6. The molecule has 2 rings (SSSR count). The number of hydrogen-bond donors (Lipinski definition) is 2. The number of aliphatic hydroxyl groups excluding tert-OH is 1. The van der Waals surface area contributed by atoms with E-state index in [1.54, 1.807) is 16.2 Å². The number of aliphatic hydroxyl groups is 1. The van der Waals surface area contributed by atoms with Crippen LogP contribution < -0.4 is 5.32 Å². The molecule has 2 unspecified atom stereocenters. The van der Waals surface area contributed by atoms with E-state index in [2.05, 4.69) is 24.4 Å². The zero-order valence-electron chi connectivity index (χ0n) is 10.5. The number of amides is 1. The molecule has 1 aromatic rings. The molecule has 0 spiro atoms. The van der Waals surface area contributed by atoms with Crippen molar-refractivity contribution in [2.24, 2.45) is 0 Å². The molecule has 1 aromatic heterocycles. The Kier molecular flexibility index (Phi) is 5.59. The van der Waals surface area contributed by atoms with E-state index in [-0.39, 0.29) is 30.5 Å². The minimum Gasteiger partial charge on any atom is -0.392 e. The van der Waals surface area contributed by atoms with Gasteiger partial charge in [0.15, 0.2) is 0 Å². The number of aryl methyl sites for hydroxylation is 1. The van der Waals surface area contributed by atoms with Gasteiger partial charge in [-0.05, 0) is 25.5 Å². The zero-order chi connectivity index (χ0) is 12.4. The summed E-state index contributed by atoms with van der Waals surface area (Å²) in [6.07, 6.45) is 0.133. The van der Waals surface area contributed by atoms with Crippen LogP contribution in [0.1, 0.15) is 16.2 Å². The van der Waals surface area contributed by atoms with Crippen molar-refractivity contribution < 1.29 is 9.90 Å². The number of rotatable bonds is 3. The van der Waals surface area contributed by atoms with Gasteiger partial charge in [0.25, 0.3) is 0 Å². The average molecular weight is 291 g/mol. The standard InChI is InChI=1S/C12H18N2O2S.ClH/c1-8-3-4-10(17-8)7-14(2)12(16)11-5-9(15)6-13-11;/h3-4,9,11,13,15H,5-7H2,1-2H3;1H. The van der Waals surface area contributed by atoms with E-state index in [0.29, 0.717) is 19.5 Å². The Hall–Kier alpha value is -0.620. The summed E-state index contributed by atoms with van der Waals surface area (Å²) >= 11 is 1.71. The summed E-state index contributed by atoms with van der Waals surface area (Å²) in [6, 6.07) is 3.90. The van der Waals surface area contributed by atoms with Gasteiger partial charge in [-0.2, -0.15) is 0 Å². The van der Waals surface area contributed by atoms with Gasteiger partial charge in [0.1, 0.15) is 0 Å². The van der Waals surface area contributed by atoms with E-state index < -0.39 is 0 Å². The quantitative estimate of drug-likeness (QED) is 0.878. The van der Waals surface area contributed by atoms with Gasteiger partial charge < -0.3 is 15.3 Å². The summed E-state index contributed by atoms with van der Waals surface area (Å²) in [5.74, 6) is 0.0626. The Labute approximate surface area is 117 Å². The molecule has 0 aliphatic carbocycles. The molecule has 2 heterocycles. The fourth-order valence-electron chi connectivity index (χ4n) is 2.05. The molecule has 102 valence electrons. The van der Waals surface area contributed by atoms with Gasteiger partial charge in [-0.15, -0.1) is 23.7 Å². The number of carbonyl (C=O) groups is 1. The molecule has 18 heavy (non-hydrogen) atoms. The highest BCUT2D eigenvalue weighted by Crippen LogP contribution is 2.17. The first-order valence-corrected chi connectivity index (χ1v) is 6.59. The number of nitrogens with zero attached hydrogens (tertiary/aromatic N) is 1. The van der Waals surface area contributed by atoms with Crippen molar-refractivity contribution in [1.82, 2.24) is 10.2 Å². The minimum atomic E-state index is -0.388. The molecule has 0 aromatic carbocycles. The van der Waals surface area contributed by atoms with Crippen molar-refractivity contribution in [1.29, 1.82) is 0 Å². The predicted molar refractivity (Wildman–Crippen MR) is 75.2 cm³/mol. The number of halogens is 1. The van der Waals surface area contributed by atoms with Gasteiger partial charge in [-0.1, -0.05) is 0 Å². The molecule has 1 aliphatic heterocycles. The summed E-state index contributed by atoms with van der Waals surface area (Å²) < 4.78 is 0. The Bertz CT molecular complexity index is 411. The summed E-state index contributed by atoms with van der Waals surface area (Å²) in [5, 5.41) is 12.4. The van der Waals surface area contributed by atoms with Crippen LogP contribution in [0, 0.1) is 6.92 Å². The van der Waals surface area contributed by atoms with Crippen LogP contribution >= 0.6 is 23.7 Å². The highest BCUT2D eigenvalue weighted by atomic mass is 35.5. The van der Waals surface area contributed by atoms with Gasteiger partial charge in [0.2, 0.25) is 5.91 Å². The van der Waals surface area contributed by atoms with Crippen molar-refractivity contribution in [3.8, 4) is 0 Å². The van der Waals surface area contributed by atoms with Crippen molar-refractivity contribution in [2.75, 3.05) is 13.6 Å². The maximum absolute atomic E-state index is 12.1. The van der Waals surface area contributed by atoms with E-state index in [1.807, 2.05) is 7.05 Å². The highest BCUT2D eigenvalue weighted by molar-refractivity contribution is 7.11. The third kappa shape index (κ3) is 3.68. The van der Waals surface area contributed by atoms with Gasteiger partial charge in [0, 0.05) is 23.3 Å². The molecule has 0 radical (unpaired) electrons. The van der Waals surface area contributed by atoms with Crippen molar-refractivity contribution in [2.45, 2.75) is 32.0 Å². The Balaban J connectivity index is 0.00000162. The average Bonchev–Trinajstić information content (AvgIpc) is 2.87. The summed E-state index contributed by atoms with van der Waals surface area (Å²) in [5.41, 5.74) is 0. The smallest absolute Gasteiger partial charge is 0.239 e. The number of carbonyl (C=O) groups excluding carboxylic acids is 1. The third-order valence-electron chi connectivity index (χ3n) is 2.97. The second kappa shape index (κ2) is 6.52. The molecule has 2 atom stereocenters. The first-order valence-electron chi connectivity index (χ1n) is 5.78. The SMILES string of the molecule is Cc1ccc(CN(C)C(=O)C2CC(O)CN2)s1.Cl. The van der Waals surface area contributed by atoms with Crippen LogP contribution in [-0.4, -0.2) is 41.7 Å². The van der Waals surface area contributed by atoms with E-state index in [1.165, 1.54) is 9.75 Å². The van der Waals surface area contributed by atoms with Crippen LogP contribution in [0.25, 0.3) is 0 Å². The van der Waals surface area contributed by atoms with Crippen LogP contribution in [-0.2, 0) is 11.3 Å². The van der Waals surface area contributed by atoms with Crippen molar-refractivity contribution >= 4 is 29.7 Å². The molecule has 6 heteroatoms. The Morgan fingerprint density at radius 3 is 2.83 bits per heavy atom. The fourth-order valence-corrected chi connectivity index (χ4v) is 3.00. The van der Waals surface area contributed by atoms with E-state index >= 15 is 0 Å². The lowest BCUT2D eigenvalue weighted by Gasteiger charge is -2.20. The fraction of sp³-hybridized carbons (Fsp3) is 0.583. The van der Waals surface area contributed by atoms with E-state index in [0.717, 1.165) is 0 Å². The molecule has 1 amide bonds. The first kappa shape index (κ1) is 15.4. The van der Waals surface area contributed by atoms with E-state index in [4.69, 9.17) is 0 Å². The van der Waals surface area contributed by atoms with Crippen LogP contribution in [0.5, 0.6) is 0 Å². The molecular weight excluding hydrogens is 272 g/mol. The number of β-amino-alcohol motifs (C(OH)–C–C–N with tert-alkyl or cyclic N) is 1. The monoisotopic (exact) mass is 290 g/mol. The van der Waals surface area contributed by atoms with Gasteiger partial charge >= 0.3 is 0 Å². The number of nitrogens with one attached hydrogen (secondary N) is 1. The molecule has 1 aliphatic rings. The van der Waals surface area contributed by atoms with Crippen LogP contribution in [0.2, 0.25) is 0 Å². The zero-order valence-corrected chi connectivity index (χ0v) is 12.2. The summed E-state index contributed by atoms with van der Waals surface area (Å²) in [4.78, 5) is 16.2. The number of hydrogen-bond acceptors (Lipinski definition) is 4. The Morgan fingerprint density at radius 1 is 1.61 bits per heavy atom. The molecule has 2 N–H and O–H groups in total. The van der Waals surface area contributed by atoms with E-state index in [9.17, 15) is 9.90 Å². The maximum atomic E-state index is 12.1. The second-order valence-corrected chi connectivity index (χ2v) is 5.93. The number of thiophene rings is 1. The second-order valence-electron chi connectivity index (χ2n) is 4.56. The largest absolute Gasteiger partial charge is 0.392 e. The van der Waals surface area contributed by atoms with Gasteiger partial charge in [-0.25, -0.2) is 0 Å². The Morgan fingerprint density at radius 2 is 2.33 bits per heavy atom. The lowest BCUT2D eigenvalue weighted by atomic mass is 10.2.